The van der Waals surface area contributed by atoms with E-state index in [1.165, 1.54) is 36.8 Å². The van der Waals surface area contributed by atoms with Crippen LogP contribution in [0.3, 0.4) is 0 Å². The van der Waals surface area contributed by atoms with E-state index >= 15 is 0 Å². The number of benzene rings is 1. The maximum Gasteiger partial charge on any atom is 0.0611 e. The Morgan fingerprint density at radius 2 is 1.91 bits per heavy atom. The third-order valence-corrected chi connectivity index (χ3v) is 5.12. The van der Waals surface area contributed by atoms with Gasteiger partial charge in [-0.3, -0.25) is 0 Å². The molecule has 3 nitrogen and oxygen atoms in total. The van der Waals surface area contributed by atoms with Gasteiger partial charge < -0.3 is 15.6 Å². The molecule has 2 rings (SSSR count). The first-order valence-corrected chi connectivity index (χ1v) is 9.23. The van der Waals surface area contributed by atoms with Crippen LogP contribution in [0, 0.1) is 0 Å². The molecule has 3 N–H and O–H groups in total. The van der Waals surface area contributed by atoms with Crippen LogP contribution in [0.1, 0.15) is 68.9 Å². The lowest BCUT2D eigenvalue weighted by atomic mass is 9.92. The number of aryl methyl sites for hydroxylation is 1. The lowest BCUT2D eigenvalue weighted by molar-refractivity contribution is 0.143. The van der Waals surface area contributed by atoms with Gasteiger partial charge in [0.1, 0.15) is 0 Å². The van der Waals surface area contributed by atoms with E-state index in [1.807, 2.05) is 6.92 Å². The van der Waals surface area contributed by atoms with Gasteiger partial charge in [0, 0.05) is 18.8 Å². The number of hydrogen-bond acceptors (Lipinski definition) is 3. The highest BCUT2D eigenvalue weighted by atomic mass is 16.5. The molecule has 130 valence electrons. The number of ether oxygens (including phenoxy) is 1. The summed E-state index contributed by atoms with van der Waals surface area (Å²) in [7, 11) is 0. The molecule has 2 atom stereocenters. The van der Waals surface area contributed by atoms with E-state index < -0.39 is 0 Å². The Morgan fingerprint density at radius 1 is 1.17 bits per heavy atom. The SMILES string of the molecule is CCOCCCCCCc1ccc([C@@H]2CC[C@@](N)(CO)C2)cc1. The fourth-order valence-electron chi connectivity index (χ4n) is 3.57. The maximum absolute atomic E-state index is 9.39. The van der Waals surface area contributed by atoms with Crippen molar-refractivity contribution in [3.8, 4) is 0 Å². The Labute approximate surface area is 141 Å². The monoisotopic (exact) mass is 319 g/mol. The van der Waals surface area contributed by atoms with Crippen LogP contribution in [0.5, 0.6) is 0 Å². The van der Waals surface area contributed by atoms with Crippen molar-refractivity contribution in [3.63, 3.8) is 0 Å². The zero-order valence-corrected chi connectivity index (χ0v) is 14.6. The van der Waals surface area contributed by atoms with Crippen LogP contribution < -0.4 is 5.73 Å². The molecule has 0 unspecified atom stereocenters. The highest BCUT2D eigenvalue weighted by molar-refractivity contribution is 5.27. The van der Waals surface area contributed by atoms with Crippen molar-refractivity contribution >= 4 is 0 Å². The zero-order valence-electron chi connectivity index (χ0n) is 14.6. The molecule has 1 saturated carbocycles. The smallest absolute Gasteiger partial charge is 0.0611 e. The van der Waals surface area contributed by atoms with Crippen molar-refractivity contribution in [2.75, 3.05) is 19.8 Å². The third kappa shape index (κ3) is 5.91. The molecule has 1 aliphatic carbocycles. The summed E-state index contributed by atoms with van der Waals surface area (Å²) >= 11 is 0. The van der Waals surface area contributed by atoms with E-state index in [2.05, 4.69) is 24.3 Å². The quantitative estimate of drug-likeness (QED) is 0.645. The molecule has 3 heteroatoms. The lowest BCUT2D eigenvalue weighted by Crippen LogP contribution is -2.40. The topological polar surface area (TPSA) is 55.5 Å². The molecule has 0 amide bonds. The van der Waals surface area contributed by atoms with Crippen molar-refractivity contribution < 1.29 is 9.84 Å². The van der Waals surface area contributed by atoms with Crippen molar-refractivity contribution in [3.05, 3.63) is 35.4 Å². The van der Waals surface area contributed by atoms with Gasteiger partial charge in [0.2, 0.25) is 0 Å². The molecule has 23 heavy (non-hydrogen) atoms. The minimum absolute atomic E-state index is 0.102. The third-order valence-electron chi connectivity index (χ3n) is 5.12. The predicted molar refractivity (Wildman–Crippen MR) is 95.7 cm³/mol. The van der Waals surface area contributed by atoms with Crippen molar-refractivity contribution in [1.82, 2.24) is 0 Å². The fraction of sp³-hybridized carbons (Fsp3) is 0.700. The van der Waals surface area contributed by atoms with Gasteiger partial charge in [-0.25, -0.2) is 0 Å². The first-order valence-electron chi connectivity index (χ1n) is 9.23. The number of rotatable bonds is 10. The van der Waals surface area contributed by atoms with Crippen molar-refractivity contribution in [2.45, 2.75) is 69.7 Å². The van der Waals surface area contributed by atoms with E-state index in [-0.39, 0.29) is 12.1 Å². The average Bonchev–Trinajstić information content (AvgIpc) is 2.98. The van der Waals surface area contributed by atoms with Crippen molar-refractivity contribution in [1.29, 1.82) is 0 Å². The molecule has 0 heterocycles. The maximum atomic E-state index is 9.39. The Bertz CT molecular complexity index is 445. The number of unbranched alkanes of at least 4 members (excludes halogenated alkanes) is 3. The largest absolute Gasteiger partial charge is 0.394 e. The van der Waals surface area contributed by atoms with Gasteiger partial charge in [0.25, 0.3) is 0 Å². The highest BCUT2D eigenvalue weighted by Crippen LogP contribution is 2.39. The molecule has 0 aromatic heterocycles. The van der Waals surface area contributed by atoms with Gasteiger partial charge in [-0.2, -0.15) is 0 Å². The lowest BCUT2D eigenvalue weighted by Gasteiger charge is -2.21. The molecule has 1 aromatic rings. The van der Waals surface area contributed by atoms with E-state index in [0.717, 1.165) is 38.9 Å². The normalized spacial score (nSPS) is 24.2. The summed E-state index contributed by atoms with van der Waals surface area (Å²) in [5, 5.41) is 9.39. The summed E-state index contributed by atoms with van der Waals surface area (Å²) in [6.45, 7) is 3.89. The summed E-state index contributed by atoms with van der Waals surface area (Å²) < 4.78 is 5.36. The van der Waals surface area contributed by atoms with E-state index in [9.17, 15) is 5.11 Å². The Morgan fingerprint density at radius 3 is 2.57 bits per heavy atom. The molecular formula is C20H33NO2. The van der Waals surface area contributed by atoms with Gasteiger partial charge in [-0.05, 0) is 62.5 Å². The molecule has 1 aromatic carbocycles. The Balaban J connectivity index is 1.69. The Hall–Kier alpha value is -0.900. The van der Waals surface area contributed by atoms with Gasteiger partial charge in [-0.1, -0.05) is 37.1 Å². The highest BCUT2D eigenvalue weighted by Gasteiger charge is 2.35. The first kappa shape index (κ1) is 18.4. The first-order chi connectivity index (χ1) is 11.2. The zero-order chi connectivity index (χ0) is 16.5. The number of nitrogens with two attached hydrogens (primary N) is 1. The minimum Gasteiger partial charge on any atom is -0.394 e. The van der Waals surface area contributed by atoms with Crippen LogP contribution in [0.25, 0.3) is 0 Å². The Kier molecular flexibility index (Phi) is 7.54. The fourth-order valence-corrected chi connectivity index (χ4v) is 3.57. The molecular weight excluding hydrogens is 286 g/mol. The van der Waals surface area contributed by atoms with Crippen molar-refractivity contribution in [2.24, 2.45) is 5.73 Å². The van der Waals surface area contributed by atoms with Crippen LogP contribution in [-0.2, 0) is 11.2 Å². The van der Waals surface area contributed by atoms with Crippen LogP contribution >= 0.6 is 0 Å². The summed E-state index contributed by atoms with van der Waals surface area (Å²) in [5.41, 5.74) is 8.63. The van der Waals surface area contributed by atoms with E-state index in [0.29, 0.717) is 5.92 Å². The van der Waals surface area contributed by atoms with Crippen LogP contribution in [0.2, 0.25) is 0 Å². The van der Waals surface area contributed by atoms with Crippen LogP contribution in [0.15, 0.2) is 24.3 Å². The molecule has 0 spiro atoms. The summed E-state index contributed by atoms with van der Waals surface area (Å²) in [4.78, 5) is 0. The molecule has 0 bridgehead atoms. The van der Waals surface area contributed by atoms with Gasteiger partial charge >= 0.3 is 0 Å². The standard InChI is InChI=1S/C20H33NO2/c1-2-23-14-6-4-3-5-7-17-8-10-18(11-9-17)19-12-13-20(21,15-19)16-22/h8-11,19,22H,2-7,12-16,21H2,1H3/t19-,20+/m1/s1. The number of aliphatic hydroxyl groups is 1. The molecule has 0 radical (unpaired) electrons. The van der Waals surface area contributed by atoms with Gasteiger partial charge in [-0.15, -0.1) is 0 Å². The number of hydrogen-bond donors (Lipinski definition) is 2. The predicted octanol–water partition coefficient (Wildman–Crippen LogP) is 3.78. The average molecular weight is 319 g/mol. The summed E-state index contributed by atoms with van der Waals surface area (Å²) in [5.74, 6) is 0.514. The molecule has 0 aliphatic heterocycles. The molecule has 0 saturated heterocycles. The van der Waals surface area contributed by atoms with Gasteiger partial charge in [0.15, 0.2) is 0 Å². The van der Waals surface area contributed by atoms with Crippen LogP contribution in [0.4, 0.5) is 0 Å². The second-order valence-electron chi connectivity index (χ2n) is 7.06. The van der Waals surface area contributed by atoms with E-state index in [1.54, 1.807) is 0 Å². The molecule has 1 aliphatic rings. The van der Waals surface area contributed by atoms with E-state index in [4.69, 9.17) is 10.5 Å². The number of aliphatic hydroxyl groups excluding tert-OH is 1. The second kappa shape index (κ2) is 9.41. The minimum atomic E-state index is -0.356. The summed E-state index contributed by atoms with van der Waals surface area (Å²) in [6.07, 6.45) is 9.07. The van der Waals surface area contributed by atoms with Crippen LogP contribution in [-0.4, -0.2) is 30.5 Å². The van der Waals surface area contributed by atoms with Gasteiger partial charge in [0.05, 0.1) is 6.61 Å². The summed E-state index contributed by atoms with van der Waals surface area (Å²) in [6, 6.07) is 9.06. The second-order valence-corrected chi connectivity index (χ2v) is 7.06. The molecule has 1 fully saturated rings.